The van der Waals surface area contributed by atoms with Crippen LogP contribution in [-0.4, -0.2) is 16.5 Å². The highest BCUT2D eigenvalue weighted by molar-refractivity contribution is 7.98. The average molecular weight is 303 g/mol. The second-order valence-corrected chi connectivity index (χ2v) is 4.81. The molecule has 0 fully saturated rings. The molecule has 0 aliphatic heterocycles. The number of halogens is 3. The van der Waals surface area contributed by atoms with Crippen LogP contribution in [0.3, 0.4) is 0 Å². The highest BCUT2D eigenvalue weighted by Crippen LogP contribution is 2.31. The number of alkyl halides is 3. The molecule has 2 aromatic heterocycles. The predicted octanol–water partition coefficient (Wildman–Crippen LogP) is 3.81. The van der Waals surface area contributed by atoms with Gasteiger partial charge in [-0.1, -0.05) is 11.8 Å². The molecule has 2 rings (SSSR count). The molecule has 0 spiro atoms. The van der Waals surface area contributed by atoms with Crippen molar-refractivity contribution in [3.8, 4) is 0 Å². The van der Waals surface area contributed by atoms with Crippen LogP contribution in [0.4, 0.5) is 19.1 Å². The van der Waals surface area contributed by atoms with E-state index < -0.39 is 11.9 Å². The van der Waals surface area contributed by atoms with Crippen molar-refractivity contribution in [3.63, 3.8) is 0 Å². The van der Waals surface area contributed by atoms with Crippen molar-refractivity contribution in [1.29, 1.82) is 0 Å². The van der Waals surface area contributed by atoms with Crippen molar-refractivity contribution in [2.24, 2.45) is 0 Å². The molecule has 0 unspecified atom stereocenters. The number of anilines is 1. The number of nitrogens with zero attached hydrogens (tertiary/aromatic N) is 2. The first-order valence-corrected chi connectivity index (χ1v) is 6.83. The molecule has 0 saturated carbocycles. The van der Waals surface area contributed by atoms with Gasteiger partial charge in [-0.2, -0.15) is 13.2 Å². The Bertz CT molecular complexity index is 558. The van der Waals surface area contributed by atoms with Crippen LogP contribution in [0.2, 0.25) is 0 Å². The van der Waals surface area contributed by atoms with Crippen LogP contribution in [0.5, 0.6) is 0 Å². The van der Waals surface area contributed by atoms with Crippen LogP contribution in [0.15, 0.2) is 33.9 Å². The summed E-state index contributed by atoms with van der Waals surface area (Å²) in [5, 5.41) is 2.94. The number of hydrogen-bond acceptors (Lipinski definition) is 5. The van der Waals surface area contributed by atoms with Gasteiger partial charge in [0.05, 0.1) is 12.0 Å². The van der Waals surface area contributed by atoms with E-state index in [1.54, 1.807) is 19.1 Å². The summed E-state index contributed by atoms with van der Waals surface area (Å²) < 4.78 is 43.4. The monoisotopic (exact) mass is 303 g/mol. The molecule has 0 saturated heterocycles. The maximum absolute atomic E-state index is 12.8. The minimum absolute atomic E-state index is 0.0238. The van der Waals surface area contributed by atoms with E-state index in [0.29, 0.717) is 18.1 Å². The molecule has 108 valence electrons. The quantitative estimate of drug-likeness (QED) is 0.672. The lowest BCUT2D eigenvalue weighted by atomic mass is 10.4. The smallest absolute Gasteiger partial charge is 0.433 e. The fourth-order valence-electron chi connectivity index (χ4n) is 1.42. The Hall–Kier alpha value is -1.70. The summed E-state index contributed by atoms with van der Waals surface area (Å²) in [5.41, 5.74) is -0.953. The van der Waals surface area contributed by atoms with Gasteiger partial charge >= 0.3 is 6.18 Å². The van der Waals surface area contributed by atoms with Crippen molar-refractivity contribution in [1.82, 2.24) is 9.97 Å². The molecule has 0 bridgehead atoms. The van der Waals surface area contributed by atoms with Crippen molar-refractivity contribution in [3.05, 3.63) is 35.9 Å². The number of thioether (sulfide) groups is 1. The van der Waals surface area contributed by atoms with Gasteiger partial charge in [0.15, 0.2) is 5.69 Å². The van der Waals surface area contributed by atoms with E-state index in [0.717, 1.165) is 17.8 Å². The minimum Gasteiger partial charge on any atom is -0.468 e. The maximum atomic E-state index is 12.8. The van der Waals surface area contributed by atoms with E-state index in [4.69, 9.17) is 4.42 Å². The predicted molar refractivity (Wildman–Crippen MR) is 69.5 cm³/mol. The molecule has 2 heterocycles. The topological polar surface area (TPSA) is 51.0 Å². The van der Waals surface area contributed by atoms with Gasteiger partial charge in [-0.05, 0) is 19.1 Å². The Morgan fingerprint density at radius 1 is 1.35 bits per heavy atom. The molecule has 2 aromatic rings. The number of rotatable bonds is 5. The van der Waals surface area contributed by atoms with Crippen LogP contribution >= 0.6 is 11.8 Å². The summed E-state index contributed by atoms with van der Waals surface area (Å²) in [6, 6.07) is 4.42. The van der Waals surface area contributed by atoms with E-state index in [9.17, 15) is 13.2 Å². The van der Waals surface area contributed by atoms with E-state index in [2.05, 4.69) is 15.3 Å². The first kappa shape index (κ1) is 14.7. The SMILES string of the molecule is CCNc1nc(SCc2ccco2)cc(C(F)(F)F)n1. The lowest BCUT2D eigenvalue weighted by molar-refractivity contribution is -0.141. The zero-order chi connectivity index (χ0) is 14.6. The third kappa shape index (κ3) is 3.89. The summed E-state index contributed by atoms with van der Waals surface area (Å²) in [7, 11) is 0. The molecule has 0 aliphatic carbocycles. The number of hydrogen-bond donors (Lipinski definition) is 1. The van der Waals surface area contributed by atoms with Gasteiger partial charge in [0.1, 0.15) is 10.8 Å². The van der Waals surface area contributed by atoms with Gasteiger partial charge in [0, 0.05) is 12.6 Å². The van der Waals surface area contributed by atoms with Crippen LogP contribution in [0, 0.1) is 0 Å². The van der Waals surface area contributed by atoms with Crippen LogP contribution in [-0.2, 0) is 11.9 Å². The van der Waals surface area contributed by atoms with Crippen molar-refractivity contribution >= 4 is 17.7 Å². The normalized spacial score (nSPS) is 11.6. The molecular formula is C12H12F3N3OS. The van der Waals surface area contributed by atoms with Crippen molar-refractivity contribution in [2.45, 2.75) is 23.9 Å². The standard InChI is InChI=1S/C12H12F3N3OS/c1-2-16-11-17-9(12(13,14)15)6-10(18-11)20-7-8-4-3-5-19-8/h3-6H,2,7H2,1H3,(H,16,17,18). The van der Waals surface area contributed by atoms with Gasteiger partial charge < -0.3 is 9.73 Å². The number of nitrogens with one attached hydrogen (secondary N) is 1. The molecule has 4 nitrogen and oxygen atoms in total. The van der Waals surface area contributed by atoms with Gasteiger partial charge in [-0.3, -0.25) is 0 Å². The molecular weight excluding hydrogens is 291 g/mol. The first-order chi connectivity index (χ1) is 9.49. The van der Waals surface area contributed by atoms with E-state index in [1.807, 2.05) is 0 Å². The Balaban J connectivity index is 2.20. The second kappa shape index (κ2) is 6.17. The second-order valence-electron chi connectivity index (χ2n) is 3.81. The first-order valence-electron chi connectivity index (χ1n) is 5.84. The molecule has 1 N–H and O–H groups in total. The van der Waals surface area contributed by atoms with Crippen LogP contribution in [0.1, 0.15) is 18.4 Å². The van der Waals surface area contributed by atoms with Gasteiger partial charge in [-0.25, -0.2) is 9.97 Å². The lowest BCUT2D eigenvalue weighted by Crippen LogP contribution is -2.12. The van der Waals surface area contributed by atoms with E-state index >= 15 is 0 Å². The maximum Gasteiger partial charge on any atom is 0.433 e. The average Bonchev–Trinajstić information content (AvgIpc) is 2.88. The Labute approximate surface area is 117 Å². The van der Waals surface area contributed by atoms with E-state index in [-0.39, 0.29) is 11.0 Å². The van der Waals surface area contributed by atoms with Crippen molar-refractivity contribution < 1.29 is 17.6 Å². The summed E-state index contributed by atoms with van der Waals surface area (Å²) in [5.74, 6) is 1.06. The van der Waals surface area contributed by atoms with E-state index in [1.165, 1.54) is 6.26 Å². The largest absolute Gasteiger partial charge is 0.468 e. The molecule has 8 heteroatoms. The van der Waals surface area contributed by atoms with Gasteiger partial charge in [-0.15, -0.1) is 0 Å². The fourth-order valence-corrected chi connectivity index (χ4v) is 2.22. The van der Waals surface area contributed by atoms with Gasteiger partial charge in [0.25, 0.3) is 0 Å². The Morgan fingerprint density at radius 2 is 2.15 bits per heavy atom. The highest BCUT2D eigenvalue weighted by Gasteiger charge is 2.33. The molecule has 0 radical (unpaired) electrons. The lowest BCUT2D eigenvalue weighted by Gasteiger charge is -2.10. The fraction of sp³-hybridized carbons (Fsp3) is 0.333. The summed E-state index contributed by atoms with van der Waals surface area (Å²) in [4.78, 5) is 7.49. The zero-order valence-electron chi connectivity index (χ0n) is 10.6. The molecule has 0 aliphatic rings. The third-order valence-corrected chi connectivity index (χ3v) is 3.20. The third-order valence-electron chi connectivity index (χ3n) is 2.27. The summed E-state index contributed by atoms with van der Waals surface area (Å²) >= 11 is 1.16. The van der Waals surface area contributed by atoms with Crippen LogP contribution in [0.25, 0.3) is 0 Å². The summed E-state index contributed by atoms with van der Waals surface area (Å²) in [6.45, 7) is 2.21. The van der Waals surface area contributed by atoms with Gasteiger partial charge in [0.2, 0.25) is 5.95 Å². The van der Waals surface area contributed by atoms with Crippen molar-refractivity contribution in [2.75, 3.05) is 11.9 Å². The molecule has 0 amide bonds. The Morgan fingerprint density at radius 3 is 2.75 bits per heavy atom. The van der Waals surface area contributed by atoms with Crippen LogP contribution < -0.4 is 5.32 Å². The zero-order valence-corrected chi connectivity index (χ0v) is 11.4. The molecule has 20 heavy (non-hydrogen) atoms. The molecule has 0 atom stereocenters. The number of furan rings is 1. The number of aromatic nitrogens is 2. The minimum atomic E-state index is -4.49. The Kier molecular flexibility index (Phi) is 4.53. The highest BCUT2D eigenvalue weighted by atomic mass is 32.2. The molecule has 0 aromatic carbocycles. The summed E-state index contributed by atoms with van der Waals surface area (Å²) in [6.07, 6.45) is -2.98.